The zero-order valence-corrected chi connectivity index (χ0v) is 22.2. The highest BCUT2D eigenvalue weighted by Crippen LogP contribution is 2.41. The molecule has 1 aromatic carbocycles. The summed E-state index contributed by atoms with van der Waals surface area (Å²) in [4.78, 5) is 10.7. The van der Waals surface area contributed by atoms with Gasteiger partial charge in [0, 0.05) is 83.9 Å². The van der Waals surface area contributed by atoms with Crippen molar-refractivity contribution in [1.29, 1.82) is 0 Å². The minimum absolute atomic E-state index is 0.0819. The first kappa shape index (κ1) is 24.7. The first-order valence-electron chi connectivity index (χ1n) is 13.5. The Labute approximate surface area is 231 Å². The monoisotopic (exact) mass is 537 g/mol. The number of nitrogens with zero attached hydrogens (tertiary/aromatic N) is 3. The molecule has 6 heterocycles. The highest BCUT2D eigenvalue weighted by atomic mass is 19.3. The van der Waals surface area contributed by atoms with E-state index in [4.69, 9.17) is 4.42 Å². The number of nitrogens with one attached hydrogen (secondary N) is 2. The maximum Gasteiger partial charge on any atom is 0.261 e. The summed E-state index contributed by atoms with van der Waals surface area (Å²) in [6.45, 7) is 3.60. The molecule has 0 spiro atoms. The first-order chi connectivity index (χ1) is 19.4. The largest absolute Gasteiger partial charge is 0.472 e. The van der Waals surface area contributed by atoms with E-state index in [0.717, 1.165) is 63.4 Å². The molecule has 0 unspecified atom stereocenters. The molecule has 4 aromatic rings. The van der Waals surface area contributed by atoms with E-state index in [-0.39, 0.29) is 13.0 Å². The molecule has 1 saturated heterocycles. The lowest BCUT2D eigenvalue weighted by atomic mass is 9.88. The van der Waals surface area contributed by atoms with E-state index in [0.29, 0.717) is 13.1 Å². The second kappa shape index (κ2) is 9.71. The van der Waals surface area contributed by atoms with Gasteiger partial charge in [-0.3, -0.25) is 14.9 Å². The van der Waals surface area contributed by atoms with Gasteiger partial charge in [-0.25, -0.2) is 8.78 Å². The van der Waals surface area contributed by atoms with Gasteiger partial charge in [-0.2, -0.15) is 0 Å². The summed E-state index contributed by atoms with van der Waals surface area (Å²) in [5.41, 5.74) is 12.9. The number of aromatic nitrogens is 2. The van der Waals surface area contributed by atoms with Crippen LogP contribution in [0.25, 0.3) is 27.8 Å². The van der Waals surface area contributed by atoms with Crippen LogP contribution in [0.15, 0.2) is 89.4 Å². The number of benzene rings is 1. The lowest BCUT2D eigenvalue weighted by molar-refractivity contribution is 0.0115. The summed E-state index contributed by atoms with van der Waals surface area (Å²) >= 11 is 0. The first-order valence-corrected chi connectivity index (χ1v) is 13.5. The number of hydrogen-bond donors (Lipinski definition) is 2. The van der Waals surface area contributed by atoms with Crippen molar-refractivity contribution in [2.75, 3.05) is 30.3 Å². The molecule has 202 valence electrons. The van der Waals surface area contributed by atoms with Crippen LogP contribution in [0, 0.1) is 0 Å². The number of fused-ring (bicyclic) bond motifs is 2. The van der Waals surface area contributed by atoms with E-state index in [1.54, 1.807) is 23.6 Å². The molecular weight excluding hydrogens is 508 g/mol. The summed E-state index contributed by atoms with van der Waals surface area (Å²) in [6.07, 6.45) is 13.8. The van der Waals surface area contributed by atoms with Gasteiger partial charge in [0.15, 0.2) is 0 Å². The molecular formula is C32H29F2N5O. The molecule has 1 fully saturated rings. The third kappa shape index (κ3) is 4.58. The summed E-state index contributed by atoms with van der Waals surface area (Å²) in [5.74, 6) is -2.60. The molecule has 0 saturated carbocycles. The van der Waals surface area contributed by atoms with Gasteiger partial charge >= 0.3 is 0 Å². The number of pyridine rings is 2. The van der Waals surface area contributed by atoms with E-state index >= 15 is 0 Å². The van der Waals surface area contributed by atoms with Gasteiger partial charge in [0.2, 0.25) is 0 Å². The van der Waals surface area contributed by atoms with E-state index in [1.165, 1.54) is 16.7 Å². The van der Waals surface area contributed by atoms with E-state index in [1.807, 2.05) is 24.7 Å². The smallest absolute Gasteiger partial charge is 0.261 e. The molecule has 0 bridgehead atoms. The van der Waals surface area contributed by atoms with Crippen molar-refractivity contribution in [3.63, 3.8) is 0 Å². The zero-order valence-electron chi connectivity index (χ0n) is 22.2. The second-order valence-corrected chi connectivity index (χ2v) is 10.8. The van der Waals surface area contributed by atoms with Crippen LogP contribution in [-0.4, -0.2) is 40.4 Å². The fraction of sp³-hybridized carbons (Fsp3) is 0.250. The molecule has 3 aliphatic rings. The SMILES string of the molecule is CC1=C(C2=CCc3c(cncc3-c3ccoc3)N2)c2cc(-c3cncc(CN4CCC(F)(F)C4)c3)ccc2NC1. The van der Waals surface area contributed by atoms with Gasteiger partial charge in [-0.05, 0) is 59.9 Å². The van der Waals surface area contributed by atoms with Crippen molar-refractivity contribution in [3.8, 4) is 22.3 Å². The topological polar surface area (TPSA) is 66.2 Å². The van der Waals surface area contributed by atoms with Crippen LogP contribution >= 0.6 is 0 Å². The third-order valence-electron chi connectivity index (χ3n) is 7.98. The minimum Gasteiger partial charge on any atom is -0.472 e. The Morgan fingerprint density at radius 1 is 0.975 bits per heavy atom. The number of likely N-dealkylation sites (tertiary alicyclic amines) is 1. The second-order valence-electron chi connectivity index (χ2n) is 10.8. The Bertz CT molecular complexity index is 1660. The highest BCUT2D eigenvalue weighted by Gasteiger charge is 2.38. The fourth-order valence-corrected chi connectivity index (χ4v) is 5.98. The van der Waals surface area contributed by atoms with Gasteiger partial charge in [0.05, 0.1) is 31.0 Å². The molecule has 40 heavy (non-hydrogen) atoms. The standard InChI is InChI=1S/C32H29F2N5O/c1-20-12-37-28-4-2-22(24-10-21(13-35-14-24)17-39-8-7-32(33,34)19-39)11-26(28)31(20)29-5-3-25-27(23-6-9-40-18-23)15-36-16-30(25)38-29/h2,4-6,9-11,13-16,18,37-38H,3,7-8,12,17,19H2,1H3. The Kier molecular flexibility index (Phi) is 6.00. The molecule has 3 aromatic heterocycles. The number of alkyl halides is 2. The summed E-state index contributed by atoms with van der Waals surface area (Å²) < 4.78 is 32.7. The Balaban J connectivity index is 1.19. The van der Waals surface area contributed by atoms with Crippen LogP contribution in [-0.2, 0) is 13.0 Å². The van der Waals surface area contributed by atoms with Gasteiger partial charge in [-0.15, -0.1) is 0 Å². The number of furan rings is 1. The van der Waals surface area contributed by atoms with Crippen molar-refractivity contribution >= 4 is 16.9 Å². The van der Waals surface area contributed by atoms with Crippen molar-refractivity contribution in [2.24, 2.45) is 0 Å². The lowest BCUT2D eigenvalue weighted by Gasteiger charge is -2.29. The minimum atomic E-state index is -2.60. The summed E-state index contributed by atoms with van der Waals surface area (Å²) in [6, 6.07) is 10.4. The average molecular weight is 538 g/mol. The van der Waals surface area contributed by atoms with Crippen LogP contribution in [0.3, 0.4) is 0 Å². The number of anilines is 2. The number of hydrogen-bond acceptors (Lipinski definition) is 6. The molecule has 0 atom stereocenters. The molecule has 3 aliphatic heterocycles. The van der Waals surface area contributed by atoms with Crippen LogP contribution in [0.5, 0.6) is 0 Å². The Hall–Kier alpha value is -4.30. The van der Waals surface area contributed by atoms with Crippen LogP contribution < -0.4 is 10.6 Å². The van der Waals surface area contributed by atoms with Crippen LogP contribution in [0.1, 0.15) is 30.0 Å². The van der Waals surface area contributed by atoms with E-state index in [9.17, 15) is 8.78 Å². The third-order valence-corrected chi connectivity index (χ3v) is 7.98. The quantitative estimate of drug-likeness (QED) is 0.286. The molecule has 7 rings (SSSR count). The van der Waals surface area contributed by atoms with Gasteiger partial charge in [0.1, 0.15) is 0 Å². The lowest BCUT2D eigenvalue weighted by Crippen LogP contribution is -2.24. The van der Waals surface area contributed by atoms with Crippen molar-refractivity contribution < 1.29 is 13.2 Å². The average Bonchev–Trinajstić information content (AvgIpc) is 3.61. The van der Waals surface area contributed by atoms with Gasteiger partial charge in [0.25, 0.3) is 5.92 Å². The molecule has 0 amide bonds. The molecule has 0 aliphatic carbocycles. The van der Waals surface area contributed by atoms with Gasteiger partial charge < -0.3 is 15.1 Å². The van der Waals surface area contributed by atoms with Crippen molar-refractivity contribution in [1.82, 2.24) is 14.9 Å². The van der Waals surface area contributed by atoms with E-state index < -0.39 is 5.92 Å². The zero-order chi connectivity index (χ0) is 27.3. The fourth-order valence-electron chi connectivity index (χ4n) is 5.98. The molecule has 6 nitrogen and oxygen atoms in total. The van der Waals surface area contributed by atoms with Gasteiger partial charge in [-0.1, -0.05) is 12.1 Å². The number of allylic oxidation sites excluding steroid dienone is 2. The molecule has 8 heteroatoms. The van der Waals surface area contributed by atoms with Crippen molar-refractivity contribution in [3.05, 3.63) is 102 Å². The normalized spacial score (nSPS) is 18.0. The maximum atomic E-state index is 13.7. The van der Waals surface area contributed by atoms with Crippen molar-refractivity contribution in [2.45, 2.75) is 32.2 Å². The Morgan fingerprint density at radius 2 is 1.88 bits per heavy atom. The summed E-state index contributed by atoms with van der Waals surface area (Å²) in [7, 11) is 0. The highest BCUT2D eigenvalue weighted by molar-refractivity contribution is 5.94. The number of rotatable bonds is 5. The Morgan fingerprint density at radius 3 is 2.70 bits per heavy atom. The predicted octanol–water partition coefficient (Wildman–Crippen LogP) is 7.00. The molecule has 2 N–H and O–H groups in total. The predicted molar refractivity (Wildman–Crippen MR) is 153 cm³/mol. The van der Waals surface area contributed by atoms with E-state index in [2.05, 4.69) is 57.9 Å². The van der Waals surface area contributed by atoms with Crippen LogP contribution in [0.4, 0.5) is 20.2 Å². The van der Waals surface area contributed by atoms with Crippen LogP contribution in [0.2, 0.25) is 0 Å². The summed E-state index contributed by atoms with van der Waals surface area (Å²) in [5, 5.41) is 7.20. The maximum absolute atomic E-state index is 13.7. The number of halogens is 2. The molecule has 0 radical (unpaired) electrons.